The van der Waals surface area contributed by atoms with E-state index in [9.17, 15) is 0 Å². The second kappa shape index (κ2) is 5.68. The summed E-state index contributed by atoms with van der Waals surface area (Å²) in [7, 11) is 0. The molecule has 2 aliphatic heterocycles. The average molecular weight is 265 g/mol. The van der Waals surface area contributed by atoms with Gasteiger partial charge in [-0.1, -0.05) is 6.92 Å². The molecule has 100 valence electrons. The quantitative estimate of drug-likeness (QED) is 0.905. The number of nitrogens with one attached hydrogen (secondary N) is 1. The molecule has 2 saturated heterocycles. The van der Waals surface area contributed by atoms with Crippen LogP contribution in [0.15, 0.2) is 5.38 Å². The summed E-state index contributed by atoms with van der Waals surface area (Å²) in [6.07, 6.45) is 5.10. The van der Waals surface area contributed by atoms with Crippen LogP contribution < -0.4 is 5.32 Å². The lowest BCUT2D eigenvalue weighted by Gasteiger charge is -2.24. The van der Waals surface area contributed by atoms with Gasteiger partial charge in [0.15, 0.2) is 0 Å². The van der Waals surface area contributed by atoms with Crippen molar-refractivity contribution in [2.24, 2.45) is 5.92 Å². The average Bonchev–Trinajstić information content (AvgIpc) is 2.96. The molecule has 3 nitrogen and oxygen atoms in total. The van der Waals surface area contributed by atoms with Crippen molar-refractivity contribution in [2.75, 3.05) is 19.6 Å². The first kappa shape index (κ1) is 12.6. The summed E-state index contributed by atoms with van der Waals surface area (Å²) in [5.74, 6) is 0.882. The first-order valence-electron chi connectivity index (χ1n) is 7.24. The maximum absolute atomic E-state index is 4.74. The highest BCUT2D eigenvalue weighted by molar-refractivity contribution is 7.09. The summed E-state index contributed by atoms with van der Waals surface area (Å²) < 4.78 is 0. The van der Waals surface area contributed by atoms with Gasteiger partial charge in [-0.15, -0.1) is 11.3 Å². The van der Waals surface area contributed by atoms with Crippen molar-refractivity contribution < 1.29 is 0 Å². The van der Waals surface area contributed by atoms with Crippen molar-refractivity contribution in [1.82, 2.24) is 15.2 Å². The van der Waals surface area contributed by atoms with Gasteiger partial charge in [0.25, 0.3) is 0 Å². The van der Waals surface area contributed by atoms with Crippen LogP contribution in [0.4, 0.5) is 0 Å². The highest BCUT2D eigenvalue weighted by Crippen LogP contribution is 2.26. The van der Waals surface area contributed by atoms with E-state index in [1.807, 2.05) is 11.3 Å². The monoisotopic (exact) mass is 265 g/mol. The maximum Gasteiger partial charge on any atom is 0.0928 e. The molecule has 0 radical (unpaired) electrons. The van der Waals surface area contributed by atoms with Gasteiger partial charge in [-0.05, 0) is 38.1 Å². The number of nitrogens with zero attached hydrogens (tertiary/aromatic N) is 2. The van der Waals surface area contributed by atoms with Crippen LogP contribution in [0.2, 0.25) is 0 Å². The first-order chi connectivity index (χ1) is 8.85. The minimum atomic E-state index is 0.743. The SMILES string of the molecule is CCCc1nc(CN2C[C@@H]3CCCN[C@@H]3C2)cs1. The Balaban J connectivity index is 1.56. The molecular weight excluding hydrogens is 242 g/mol. The Bertz CT molecular complexity index is 376. The van der Waals surface area contributed by atoms with Crippen LogP contribution in [0.25, 0.3) is 0 Å². The minimum absolute atomic E-state index is 0.743. The molecule has 0 amide bonds. The summed E-state index contributed by atoms with van der Waals surface area (Å²) in [5.41, 5.74) is 1.28. The molecule has 2 aliphatic rings. The topological polar surface area (TPSA) is 28.2 Å². The number of rotatable bonds is 4. The zero-order valence-electron chi connectivity index (χ0n) is 11.2. The normalized spacial score (nSPS) is 28.5. The summed E-state index contributed by atoms with van der Waals surface area (Å²) in [6.45, 7) is 6.96. The number of likely N-dealkylation sites (tertiary alicyclic amines) is 1. The predicted molar refractivity (Wildman–Crippen MR) is 75.9 cm³/mol. The fourth-order valence-corrected chi connectivity index (χ4v) is 4.14. The van der Waals surface area contributed by atoms with Gasteiger partial charge < -0.3 is 5.32 Å². The van der Waals surface area contributed by atoms with Gasteiger partial charge in [-0.2, -0.15) is 0 Å². The van der Waals surface area contributed by atoms with Crippen molar-refractivity contribution in [2.45, 2.75) is 45.2 Å². The minimum Gasteiger partial charge on any atom is -0.312 e. The number of fused-ring (bicyclic) bond motifs is 1. The van der Waals surface area contributed by atoms with Crippen molar-refractivity contribution >= 4 is 11.3 Å². The summed E-state index contributed by atoms with van der Waals surface area (Å²) in [4.78, 5) is 7.32. The van der Waals surface area contributed by atoms with Crippen LogP contribution in [-0.2, 0) is 13.0 Å². The van der Waals surface area contributed by atoms with Gasteiger partial charge in [0.05, 0.1) is 10.7 Å². The molecule has 1 aromatic rings. The second-order valence-electron chi connectivity index (χ2n) is 5.64. The maximum atomic E-state index is 4.74. The lowest BCUT2D eigenvalue weighted by Crippen LogP contribution is -2.40. The van der Waals surface area contributed by atoms with Crippen LogP contribution in [0.1, 0.15) is 36.9 Å². The molecule has 18 heavy (non-hydrogen) atoms. The molecule has 0 bridgehead atoms. The Morgan fingerprint density at radius 1 is 1.50 bits per heavy atom. The number of aromatic nitrogens is 1. The molecule has 4 heteroatoms. The number of thiazole rings is 1. The van der Waals surface area contributed by atoms with Crippen LogP contribution in [0, 0.1) is 5.92 Å². The molecule has 3 heterocycles. The van der Waals surface area contributed by atoms with E-state index in [-0.39, 0.29) is 0 Å². The van der Waals surface area contributed by atoms with Crippen LogP contribution >= 0.6 is 11.3 Å². The lowest BCUT2D eigenvalue weighted by atomic mass is 9.94. The van der Waals surface area contributed by atoms with Crippen molar-refractivity contribution in [1.29, 1.82) is 0 Å². The number of aryl methyl sites for hydroxylation is 1. The Morgan fingerprint density at radius 2 is 2.44 bits per heavy atom. The van der Waals surface area contributed by atoms with E-state index in [1.165, 1.54) is 49.6 Å². The Hall–Kier alpha value is -0.450. The molecule has 2 atom stereocenters. The fourth-order valence-electron chi connectivity index (χ4n) is 3.24. The van der Waals surface area contributed by atoms with Crippen molar-refractivity contribution in [3.05, 3.63) is 16.1 Å². The van der Waals surface area contributed by atoms with Crippen LogP contribution in [0.5, 0.6) is 0 Å². The van der Waals surface area contributed by atoms with Crippen molar-refractivity contribution in [3.63, 3.8) is 0 Å². The number of hydrogen-bond donors (Lipinski definition) is 1. The third-order valence-corrected chi connectivity index (χ3v) is 5.08. The molecule has 0 spiro atoms. The third kappa shape index (κ3) is 2.76. The van der Waals surface area contributed by atoms with Gasteiger partial charge in [0.1, 0.15) is 0 Å². The lowest BCUT2D eigenvalue weighted by molar-refractivity contribution is 0.309. The number of hydrogen-bond acceptors (Lipinski definition) is 4. The van der Waals surface area contributed by atoms with E-state index in [2.05, 4.69) is 22.5 Å². The molecule has 0 unspecified atom stereocenters. The van der Waals surface area contributed by atoms with Gasteiger partial charge in [0, 0.05) is 31.1 Å². The molecule has 0 aliphatic carbocycles. The van der Waals surface area contributed by atoms with Gasteiger partial charge >= 0.3 is 0 Å². The molecule has 1 N–H and O–H groups in total. The Morgan fingerprint density at radius 3 is 3.28 bits per heavy atom. The van der Waals surface area contributed by atoms with E-state index in [0.717, 1.165) is 24.9 Å². The number of piperidine rings is 1. The molecule has 3 rings (SSSR count). The van der Waals surface area contributed by atoms with Crippen LogP contribution in [-0.4, -0.2) is 35.6 Å². The summed E-state index contributed by atoms with van der Waals surface area (Å²) in [6, 6.07) is 0.743. The van der Waals surface area contributed by atoms with Crippen molar-refractivity contribution in [3.8, 4) is 0 Å². The Labute approximate surface area is 114 Å². The predicted octanol–water partition coefficient (Wildman–Crippen LogP) is 2.28. The summed E-state index contributed by atoms with van der Waals surface area (Å²) in [5, 5.41) is 7.22. The highest BCUT2D eigenvalue weighted by atomic mass is 32.1. The standard InChI is InChI=1S/C14H23N3S/c1-2-4-14-16-12(10-18-14)8-17-7-11-5-3-6-15-13(11)9-17/h10-11,13,15H,2-9H2,1H3/t11-,13+/m0/s1. The van der Waals surface area contributed by atoms with E-state index >= 15 is 0 Å². The van der Waals surface area contributed by atoms with Crippen LogP contribution in [0.3, 0.4) is 0 Å². The molecule has 1 aromatic heterocycles. The zero-order valence-corrected chi connectivity index (χ0v) is 12.0. The molecule has 0 aromatic carbocycles. The molecule has 2 fully saturated rings. The van der Waals surface area contributed by atoms with Gasteiger partial charge in [-0.3, -0.25) is 4.90 Å². The molecule has 0 saturated carbocycles. The smallest absolute Gasteiger partial charge is 0.0928 e. The van der Waals surface area contributed by atoms with E-state index < -0.39 is 0 Å². The van der Waals surface area contributed by atoms with E-state index in [1.54, 1.807) is 0 Å². The first-order valence-corrected chi connectivity index (χ1v) is 8.12. The third-order valence-electron chi connectivity index (χ3n) is 4.12. The van der Waals surface area contributed by atoms with E-state index in [4.69, 9.17) is 4.98 Å². The van der Waals surface area contributed by atoms with Gasteiger partial charge in [0.2, 0.25) is 0 Å². The Kier molecular flexibility index (Phi) is 3.97. The zero-order chi connectivity index (χ0) is 12.4. The fraction of sp³-hybridized carbons (Fsp3) is 0.786. The molecular formula is C14H23N3S. The highest BCUT2D eigenvalue weighted by Gasteiger charge is 2.34. The largest absolute Gasteiger partial charge is 0.312 e. The second-order valence-corrected chi connectivity index (χ2v) is 6.58. The van der Waals surface area contributed by atoms with Gasteiger partial charge in [-0.25, -0.2) is 4.98 Å². The summed E-state index contributed by atoms with van der Waals surface area (Å²) >= 11 is 1.83. The van der Waals surface area contributed by atoms with E-state index in [0.29, 0.717) is 0 Å².